The summed E-state index contributed by atoms with van der Waals surface area (Å²) >= 11 is 6.25. The van der Waals surface area contributed by atoms with Gasteiger partial charge >= 0.3 is 5.97 Å². The third kappa shape index (κ3) is 5.08. The molecule has 2 aliphatic rings. The molecule has 1 aromatic heterocycles. The topological polar surface area (TPSA) is 107 Å². The summed E-state index contributed by atoms with van der Waals surface area (Å²) in [5.41, 5.74) is 2.04. The standard InChI is InChI=1S/C26H26N4O4S2/c1-16-19(13-21-25(34)30(15-22(31)32)26(35)36-21)23(28(2)24(33)20(16)14-27)29-10-8-18(9-11-29)12-17-6-4-3-5-7-17/h3-7,13,18H,8-12,15H2,1-2H3,(H,31,32)/b21-13+. The number of nitrogens with zero attached hydrogens (tertiary/aromatic N) is 4. The molecule has 1 amide bonds. The zero-order valence-corrected chi connectivity index (χ0v) is 21.7. The number of thiocarbonyl (C=S) groups is 1. The molecule has 10 heteroatoms. The van der Waals surface area contributed by atoms with Crippen molar-refractivity contribution in [3.05, 3.63) is 67.8 Å². The van der Waals surface area contributed by atoms with Gasteiger partial charge in [-0.1, -0.05) is 54.3 Å². The number of anilines is 1. The Hall–Kier alpha value is -3.42. The molecule has 186 valence electrons. The summed E-state index contributed by atoms with van der Waals surface area (Å²) in [4.78, 5) is 40.5. The van der Waals surface area contributed by atoms with Gasteiger partial charge in [-0.05, 0) is 49.3 Å². The lowest BCUT2D eigenvalue weighted by Crippen LogP contribution is -2.39. The van der Waals surface area contributed by atoms with Crippen molar-refractivity contribution in [1.82, 2.24) is 9.47 Å². The molecular formula is C26H26N4O4S2. The number of hydrogen-bond acceptors (Lipinski definition) is 7. The Morgan fingerprint density at radius 2 is 1.92 bits per heavy atom. The minimum absolute atomic E-state index is 0.0208. The first-order chi connectivity index (χ1) is 17.2. The Morgan fingerprint density at radius 3 is 2.53 bits per heavy atom. The summed E-state index contributed by atoms with van der Waals surface area (Å²) in [6.07, 6.45) is 4.53. The number of hydrogen-bond donors (Lipinski definition) is 1. The number of rotatable bonds is 6. The second-order valence-corrected chi connectivity index (χ2v) is 10.7. The molecule has 4 rings (SSSR count). The maximum Gasteiger partial charge on any atom is 0.323 e. The molecule has 36 heavy (non-hydrogen) atoms. The normalized spacial score (nSPS) is 17.6. The van der Waals surface area contributed by atoms with Crippen molar-refractivity contribution in [1.29, 1.82) is 5.26 Å². The Bertz CT molecular complexity index is 1350. The summed E-state index contributed by atoms with van der Waals surface area (Å²) in [5, 5.41) is 18.8. The predicted molar refractivity (Wildman–Crippen MR) is 144 cm³/mol. The van der Waals surface area contributed by atoms with E-state index in [4.69, 9.17) is 17.3 Å². The van der Waals surface area contributed by atoms with E-state index in [1.807, 2.05) is 24.3 Å². The van der Waals surface area contributed by atoms with E-state index in [0.29, 0.717) is 22.9 Å². The van der Waals surface area contributed by atoms with Gasteiger partial charge in [-0.3, -0.25) is 23.9 Å². The van der Waals surface area contributed by atoms with Gasteiger partial charge in [0.25, 0.3) is 11.5 Å². The Kier molecular flexibility index (Phi) is 7.62. The minimum atomic E-state index is -1.16. The van der Waals surface area contributed by atoms with Crippen LogP contribution in [0.4, 0.5) is 5.82 Å². The van der Waals surface area contributed by atoms with E-state index in [-0.39, 0.29) is 20.3 Å². The molecule has 0 saturated carbocycles. The fourth-order valence-corrected chi connectivity index (χ4v) is 6.03. The Labute approximate surface area is 218 Å². The van der Waals surface area contributed by atoms with Gasteiger partial charge < -0.3 is 10.0 Å². The summed E-state index contributed by atoms with van der Waals surface area (Å²) in [6, 6.07) is 12.4. The lowest BCUT2D eigenvalue weighted by Gasteiger charge is -2.36. The van der Waals surface area contributed by atoms with Crippen LogP contribution < -0.4 is 10.5 Å². The number of carbonyl (C=O) groups excluding carboxylic acids is 1. The SMILES string of the molecule is Cc1c(/C=C2/SC(=S)N(CC(=O)O)C2=O)c(N2CCC(Cc3ccccc3)CC2)n(C)c(=O)c1C#N. The van der Waals surface area contributed by atoms with E-state index in [2.05, 4.69) is 17.0 Å². The van der Waals surface area contributed by atoms with Crippen LogP contribution in [0.3, 0.4) is 0 Å². The van der Waals surface area contributed by atoms with E-state index < -0.39 is 18.4 Å². The summed E-state index contributed by atoms with van der Waals surface area (Å²) < 4.78 is 1.65. The number of carbonyl (C=O) groups is 2. The lowest BCUT2D eigenvalue weighted by atomic mass is 9.90. The second-order valence-electron chi connectivity index (χ2n) is 8.99. The van der Waals surface area contributed by atoms with Crippen LogP contribution in [0.2, 0.25) is 0 Å². The monoisotopic (exact) mass is 522 g/mol. The van der Waals surface area contributed by atoms with Crippen LogP contribution in [0.15, 0.2) is 40.0 Å². The maximum absolute atomic E-state index is 13.0. The van der Waals surface area contributed by atoms with Crippen molar-refractivity contribution >= 4 is 52.1 Å². The number of aromatic nitrogens is 1. The quantitative estimate of drug-likeness (QED) is 0.455. The first kappa shape index (κ1) is 25.7. The fraction of sp³-hybridized carbons (Fsp3) is 0.346. The van der Waals surface area contributed by atoms with Crippen molar-refractivity contribution < 1.29 is 14.7 Å². The van der Waals surface area contributed by atoms with Crippen molar-refractivity contribution in [3.63, 3.8) is 0 Å². The molecular weight excluding hydrogens is 496 g/mol. The molecule has 2 aromatic rings. The molecule has 2 aliphatic heterocycles. The van der Waals surface area contributed by atoms with Crippen LogP contribution in [0.25, 0.3) is 6.08 Å². The maximum atomic E-state index is 13.0. The molecule has 3 heterocycles. The first-order valence-electron chi connectivity index (χ1n) is 11.6. The van der Waals surface area contributed by atoms with Gasteiger partial charge in [-0.2, -0.15) is 5.26 Å². The van der Waals surface area contributed by atoms with E-state index >= 15 is 0 Å². The Balaban J connectivity index is 1.68. The van der Waals surface area contributed by atoms with Gasteiger partial charge in [-0.15, -0.1) is 0 Å². The molecule has 2 saturated heterocycles. The van der Waals surface area contributed by atoms with Gasteiger partial charge in [0.2, 0.25) is 0 Å². The number of carboxylic acids is 1. The van der Waals surface area contributed by atoms with Crippen LogP contribution in [-0.2, 0) is 23.1 Å². The number of piperidine rings is 1. The minimum Gasteiger partial charge on any atom is -0.480 e. The average molecular weight is 523 g/mol. The molecule has 1 N–H and O–H groups in total. The highest BCUT2D eigenvalue weighted by Gasteiger charge is 2.34. The summed E-state index contributed by atoms with van der Waals surface area (Å²) in [6.45, 7) is 2.66. The molecule has 0 aliphatic carbocycles. The van der Waals surface area contributed by atoms with Crippen molar-refractivity contribution in [2.75, 3.05) is 24.5 Å². The number of aliphatic carboxylic acids is 1. The van der Waals surface area contributed by atoms with Gasteiger partial charge in [0.1, 0.15) is 28.3 Å². The second kappa shape index (κ2) is 10.7. The third-order valence-electron chi connectivity index (χ3n) is 6.69. The Morgan fingerprint density at radius 1 is 1.25 bits per heavy atom. The van der Waals surface area contributed by atoms with Crippen LogP contribution >= 0.6 is 24.0 Å². The van der Waals surface area contributed by atoms with E-state index in [0.717, 1.165) is 49.0 Å². The van der Waals surface area contributed by atoms with Gasteiger partial charge in [0.15, 0.2) is 0 Å². The smallest absolute Gasteiger partial charge is 0.323 e. The van der Waals surface area contributed by atoms with E-state index in [1.165, 1.54) is 10.1 Å². The molecule has 0 unspecified atom stereocenters. The van der Waals surface area contributed by atoms with Crippen molar-refractivity contribution in [3.8, 4) is 6.07 Å². The van der Waals surface area contributed by atoms with Crippen molar-refractivity contribution in [2.24, 2.45) is 13.0 Å². The molecule has 0 spiro atoms. The number of amides is 1. The van der Waals surface area contributed by atoms with Gasteiger partial charge in [-0.25, -0.2) is 0 Å². The number of nitriles is 1. The van der Waals surface area contributed by atoms with Crippen LogP contribution in [-0.4, -0.2) is 50.4 Å². The summed E-state index contributed by atoms with van der Waals surface area (Å²) in [5.74, 6) is -0.475. The predicted octanol–water partition coefficient (Wildman–Crippen LogP) is 3.31. The number of pyridine rings is 1. The number of benzene rings is 1. The zero-order valence-electron chi connectivity index (χ0n) is 20.1. The van der Waals surface area contributed by atoms with Gasteiger partial charge in [0, 0.05) is 25.7 Å². The average Bonchev–Trinajstić information content (AvgIpc) is 3.11. The molecule has 0 atom stereocenters. The molecule has 2 fully saturated rings. The number of thioether (sulfide) groups is 1. The lowest BCUT2D eigenvalue weighted by molar-refractivity contribution is -0.140. The van der Waals surface area contributed by atoms with Crippen LogP contribution in [0.5, 0.6) is 0 Å². The molecule has 0 radical (unpaired) electrons. The van der Waals surface area contributed by atoms with E-state index in [9.17, 15) is 19.6 Å². The highest BCUT2D eigenvalue weighted by atomic mass is 32.2. The number of carboxylic acid groups (broad SMARTS) is 1. The van der Waals surface area contributed by atoms with Crippen LogP contribution in [0.1, 0.15) is 35.1 Å². The molecule has 1 aromatic carbocycles. The molecule has 8 nitrogen and oxygen atoms in total. The first-order valence-corrected chi connectivity index (χ1v) is 12.8. The largest absolute Gasteiger partial charge is 0.480 e. The fourth-order valence-electron chi connectivity index (χ4n) is 4.79. The van der Waals surface area contributed by atoms with Crippen LogP contribution in [0, 0.1) is 24.2 Å². The highest BCUT2D eigenvalue weighted by molar-refractivity contribution is 8.26. The van der Waals surface area contributed by atoms with E-state index in [1.54, 1.807) is 20.0 Å². The highest BCUT2D eigenvalue weighted by Crippen LogP contribution is 2.36. The molecule has 0 bridgehead atoms. The van der Waals surface area contributed by atoms with Crippen molar-refractivity contribution in [2.45, 2.75) is 26.2 Å². The third-order valence-corrected chi connectivity index (χ3v) is 8.07. The van der Waals surface area contributed by atoms with Gasteiger partial charge in [0.05, 0.1) is 4.91 Å². The summed E-state index contributed by atoms with van der Waals surface area (Å²) in [7, 11) is 1.64. The zero-order chi connectivity index (χ0) is 26.0.